The Morgan fingerprint density at radius 2 is 1.82 bits per heavy atom. The number of pyridine rings is 2. The monoisotopic (exact) mass is 446 g/mol. The Bertz CT molecular complexity index is 1250. The van der Waals surface area contributed by atoms with E-state index in [0.717, 1.165) is 55.9 Å². The van der Waals surface area contributed by atoms with Crippen LogP contribution in [0.3, 0.4) is 0 Å². The summed E-state index contributed by atoms with van der Waals surface area (Å²) in [7, 11) is 1.88. The highest BCUT2D eigenvalue weighted by Gasteiger charge is 2.17. The zero-order valence-corrected chi connectivity index (χ0v) is 18.9. The summed E-state index contributed by atoms with van der Waals surface area (Å²) in [4.78, 5) is 22.3. The largest absolute Gasteiger partial charge is 0.335 e. The van der Waals surface area contributed by atoms with Gasteiger partial charge in [0.15, 0.2) is 5.82 Å². The van der Waals surface area contributed by atoms with Crippen LogP contribution in [0, 0.1) is 5.82 Å². The van der Waals surface area contributed by atoms with E-state index in [0.29, 0.717) is 17.3 Å². The maximum Gasteiger partial charge on any atom is 0.229 e. The maximum absolute atomic E-state index is 14.6. The quantitative estimate of drug-likeness (QED) is 0.486. The van der Waals surface area contributed by atoms with Gasteiger partial charge in [-0.2, -0.15) is 0 Å². The molecule has 4 aromatic rings. The molecule has 1 aliphatic heterocycles. The minimum Gasteiger partial charge on any atom is -0.335 e. The number of aryl methyl sites for hydroxylation is 1. The van der Waals surface area contributed by atoms with E-state index in [1.807, 2.05) is 42.2 Å². The number of hydrogen-bond donors (Lipinski definition) is 1. The highest BCUT2D eigenvalue weighted by Crippen LogP contribution is 2.30. The van der Waals surface area contributed by atoms with Crippen molar-refractivity contribution in [2.75, 3.05) is 38.0 Å². The van der Waals surface area contributed by atoms with Gasteiger partial charge in [0.25, 0.3) is 0 Å². The zero-order chi connectivity index (χ0) is 22.8. The Morgan fingerprint density at radius 3 is 2.58 bits per heavy atom. The van der Waals surface area contributed by atoms with Gasteiger partial charge in [-0.05, 0) is 30.3 Å². The number of piperazine rings is 1. The van der Waals surface area contributed by atoms with Crippen molar-refractivity contribution in [1.29, 1.82) is 0 Å². The van der Waals surface area contributed by atoms with Crippen molar-refractivity contribution in [3.8, 4) is 11.3 Å². The van der Waals surface area contributed by atoms with Crippen LogP contribution in [0.4, 0.5) is 16.2 Å². The molecule has 0 aromatic carbocycles. The van der Waals surface area contributed by atoms with Gasteiger partial charge in [0, 0.05) is 69.3 Å². The van der Waals surface area contributed by atoms with E-state index in [1.54, 1.807) is 6.20 Å². The first kappa shape index (κ1) is 21.4. The van der Waals surface area contributed by atoms with Crippen molar-refractivity contribution < 1.29 is 4.39 Å². The molecular formula is C24H27FN8. The number of nitrogens with one attached hydrogen (secondary N) is 1. The van der Waals surface area contributed by atoms with Gasteiger partial charge in [-0.15, -0.1) is 0 Å². The molecule has 4 aromatic heterocycles. The molecule has 1 aliphatic rings. The van der Waals surface area contributed by atoms with E-state index >= 15 is 0 Å². The van der Waals surface area contributed by atoms with Gasteiger partial charge in [0.2, 0.25) is 5.95 Å². The van der Waals surface area contributed by atoms with E-state index in [4.69, 9.17) is 0 Å². The molecule has 5 heterocycles. The van der Waals surface area contributed by atoms with E-state index in [9.17, 15) is 4.39 Å². The Balaban J connectivity index is 1.31. The van der Waals surface area contributed by atoms with Crippen molar-refractivity contribution >= 4 is 22.8 Å². The molecule has 0 aliphatic carbocycles. The molecule has 1 saturated heterocycles. The number of aromatic nitrogens is 5. The normalized spacial score (nSPS) is 15.2. The van der Waals surface area contributed by atoms with Crippen molar-refractivity contribution in [2.24, 2.45) is 7.05 Å². The summed E-state index contributed by atoms with van der Waals surface area (Å²) in [6.07, 6.45) is 6.61. The van der Waals surface area contributed by atoms with Crippen LogP contribution in [0.5, 0.6) is 0 Å². The molecule has 8 nitrogen and oxygen atoms in total. The summed E-state index contributed by atoms with van der Waals surface area (Å²) in [6.45, 7) is 8.57. The molecular weight excluding hydrogens is 419 g/mol. The standard InChI is InChI=1S/C24H27FN8/c1-3-32-9-11-33(12-10-32)15-17-6-7-21(27-13-17)29-24-28-14-20(25)22(30-24)19-16-31(2)23-18(19)5-4-8-26-23/h4-8,13-14,16H,3,9-12,15H2,1-2H3,(H,27,28,29,30). The molecule has 0 bridgehead atoms. The molecule has 170 valence electrons. The second kappa shape index (κ2) is 9.21. The Morgan fingerprint density at radius 1 is 1.00 bits per heavy atom. The van der Waals surface area contributed by atoms with E-state index in [-0.39, 0.29) is 5.69 Å². The molecule has 0 amide bonds. The van der Waals surface area contributed by atoms with Gasteiger partial charge in [-0.1, -0.05) is 13.0 Å². The summed E-state index contributed by atoms with van der Waals surface area (Å²) < 4.78 is 16.5. The smallest absolute Gasteiger partial charge is 0.229 e. The third kappa shape index (κ3) is 4.55. The van der Waals surface area contributed by atoms with E-state index < -0.39 is 5.82 Å². The highest BCUT2D eigenvalue weighted by molar-refractivity contribution is 5.93. The summed E-state index contributed by atoms with van der Waals surface area (Å²) in [5.74, 6) is 0.429. The van der Waals surface area contributed by atoms with Crippen LogP contribution in [0.25, 0.3) is 22.3 Å². The first-order chi connectivity index (χ1) is 16.1. The summed E-state index contributed by atoms with van der Waals surface area (Å²) in [5, 5.41) is 3.94. The first-order valence-electron chi connectivity index (χ1n) is 11.2. The molecule has 9 heteroatoms. The molecule has 0 atom stereocenters. The molecule has 1 fully saturated rings. The second-order valence-corrected chi connectivity index (χ2v) is 8.31. The number of nitrogens with zero attached hydrogens (tertiary/aromatic N) is 7. The Labute approximate surface area is 192 Å². The Hall–Kier alpha value is -3.43. The van der Waals surface area contributed by atoms with Crippen LogP contribution in [-0.4, -0.2) is 67.0 Å². The molecule has 0 unspecified atom stereocenters. The van der Waals surface area contributed by atoms with Crippen molar-refractivity contribution in [3.05, 3.63) is 60.4 Å². The summed E-state index contributed by atoms with van der Waals surface area (Å²) >= 11 is 0. The SMILES string of the molecule is CCN1CCN(Cc2ccc(Nc3ncc(F)c(-c4cn(C)c5ncccc45)n3)nc2)CC1. The maximum atomic E-state index is 14.6. The lowest BCUT2D eigenvalue weighted by atomic mass is 10.1. The predicted molar refractivity (Wildman–Crippen MR) is 127 cm³/mol. The lowest BCUT2D eigenvalue weighted by molar-refractivity contribution is 0.132. The van der Waals surface area contributed by atoms with Gasteiger partial charge < -0.3 is 14.8 Å². The number of halogens is 1. The fraction of sp³-hybridized carbons (Fsp3) is 0.333. The average molecular weight is 447 g/mol. The summed E-state index contributed by atoms with van der Waals surface area (Å²) in [5.41, 5.74) is 2.84. The zero-order valence-electron chi connectivity index (χ0n) is 18.9. The third-order valence-corrected chi connectivity index (χ3v) is 6.12. The van der Waals surface area contributed by atoms with Crippen LogP contribution in [0.1, 0.15) is 12.5 Å². The topological polar surface area (TPSA) is 75.0 Å². The molecule has 0 radical (unpaired) electrons. The Kier molecular flexibility index (Phi) is 5.97. The van der Waals surface area contributed by atoms with Crippen LogP contribution in [0.2, 0.25) is 0 Å². The van der Waals surface area contributed by atoms with Crippen molar-refractivity contribution in [1.82, 2.24) is 34.3 Å². The van der Waals surface area contributed by atoms with E-state index in [1.165, 1.54) is 6.20 Å². The van der Waals surface area contributed by atoms with Gasteiger partial charge in [0.05, 0.1) is 6.20 Å². The van der Waals surface area contributed by atoms with Crippen LogP contribution in [-0.2, 0) is 13.6 Å². The minimum absolute atomic E-state index is 0.231. The van der Waals surface area contributed by atoms with Gasteiger partial charge in [0.1, 0.15) is 17.2 Å². The fourth-order valence-electron chi connectivity index (χ4n) is 4.25. The van der Waals surface area contributed by atoms with Gasteiger partial charge in [-0.25, -0.2) is 24.3 Å². The molecule has 1 N–H and O–H groups in total. The van der Waals surface area contributed by atoms with Crippen LogP contribution < -0.4 is 5.32 Å². The predicted octanol–water partition coefficient (Wildman–Crippen LogP) is 3.45. The second-order valence-electron chi connectivity index (χ2n) is 8.31. The summed E-state index contributed by atoms with van der Waals surface area (Å²) in [6, 6.07) is 7.71. The van der Waals surface area contributed by atoms with Crippen molar-refractivity contribution in [3.63, 3.8) is 0 Å². The molecule has 0 spiro atoms. The lowest BCUT2D eigenvalue weighted by Crippen LogP contribution is -2.45. The van der Waals surface area contributed by atoms with Crippen LogP contribution >= 0.6 is 0 Å². The van der Waals surface area contributed by atoms with Gasteiger partial charge in [-0.3, -0.25) is 4.90 Å². The number of anilines is 2. The van der Waals surface area contributed by atoms with Crippen molar-refractivity contribution in [2.45, 2.75) is 13.5 Å². The fourth-order valence-corrected chi connectivity index (χ4v) is 4.25. The average Bonchev–Trinajstić information content (AvgIpc) is 3.18. The van der Waals surface area contributed by atoms with E-state index in [2.05, 4.69) is 48.0 Å². The third-order valence-electron chi connectivity index (χ3n) is 6.12. The molecule has 0 saturated carbocycles. The van der Waals surface area contributed by atoms with Crippen LogP contribution in [0.15, 0.2) is 49.1 Å². The number of fused-ring (bicyclic) bond motifs is 1. The number of hydrogen-bond acceptors (Lipinski definition) is 7. The lowest BCUT2D eigenvalue weighted by Gasteiger charge is -2.33. The number of rotatable bonds is 6. The minimum atomic E-state index is -0.483. The number of likely N-dealkylation sites (N-methyl/N-ethyl adjacent to an activating group) is 1. The highest BCUT2D eigenvalue weighted by atomic mass is 19.1. The molecule has 5 rings (SSSR count). The van der Waals surface area contributed by atoms with Gasteiger partial charge >= 0.3 is 0 Å². The molecule has 33 heavy (non-hydrogen) atoms. The first-order valence-corrected chi connectivity index (χ1v) is 11.2.